The minimum atomic E-state index is -0.0582. The van der Waals surface area contributed by atoms with E-state index >= 15 is 0 Å². The Balaban J connectivity index is 0.00000220. The van der Waals surface area contributed by atoms with Gasteiger partial charge in [0, 0.05) is 17.9 Å². The number of aryl methyl sites for hydroxylation is 1. The molecule has 1 heterocycles. The predicted octanol–water partition coefficient (Wildman–Crippen LogP) is 2.43. The molecule has 0 aliphatic heterocycles. The average Bonchev–Trinajstić information content (AvgIpc) is 2.82. The smallest absolute Gasteiger partial charge is 0.230 e. The minimum absolute atomic E-state index is 0. The molecule has 0 saturated carbocycles. The van der Waals surface area contributed by atoms with Crippen LogP contribution in [0.3, 0.4) is 0 Å². The number of rotatable bonds is 6. The summed E-state index contributed by atoms with van der Waals surface area (Å²) in [7, 11) is 0. The van der Waals surface area contributed by atoms with Gasteiger partial charge in [0.05, 0.1) is 12.1 Å². The highest BCUT2D eigenvalue weighted by Crippen LogP contribution is 2.11. The van der Waals surface area contributed by atoms with Crippen molar-refractivity contribution in [2.45, 2.75) is 26.8 Å². The van der Waals surface area contributed by atoms with Gasteiger partial charge in [-0.15, -0.1) is 12.4 Å². The fraction of sp³-hybridized carbons (Fsp3) is 0.333. The number of aromatic nitrogens is 2. The summed E-state index contributed by atoms with van der Waals surface area (Å²) < 4.78 is 0. The van der Waals surface area contributed by atoms with Gasteiger partial charge in [-0.3, -0.25) is 9.89 Å². The van der Waals surface area contributed by atoms with Gasteiger partial charge in [-0.1, -0.05) is 19.1 Å². The Labute approximate surface area is 130 Å². The first kappa shape index (κ1) is 17.2. The Morgan fingerprint density at radius 2 is 2.14 bits per heavy atom. The molecule has 0 saturated heterocycles. The van der Waals surface area contributed by atoms with Crippen molar-refractivity contribution in [2.75, 3.05) is 11.9 Å². The summed E-state index contributed by atoms with van der Waals surface area (Å²) in [5, 5.41) is 13.0. The van der Waals surface area contributed by atoms with E-state index in [1.807, 2.05) is 37.3 Å². The van der Waals surface area contributed by atoms with Crippen LogP contribution < -0.4 is 10.6 Å². The second-order valence-corrected chi connectivity index (χ2v) is 4.75. The van der Waals surface area contributed by atoms with E-state index in [1.54, 1.807) is 0 Å². The number of anilines is 1. The van der Waals surface area contributed by atoms with Crippen molar-refractivity contribution >= 4 is 24.0 Å². The van der Waals surface area contributed by atoms with Crippen molar-refractivity contribution in [3.8, 4) is 0 Å². The normalized spacial score (nSPS) is 10.0. The topological polar surface area (TPSA) is 69.8 Å². The van der Waals surface area contributed by atoms with Crippen molar-refractivity contribution < 1.29 is 4.79 Å². The van der Waals surface area contributed by atoms with E-state index in [9.17, 15) is 4.79 Å². The summed E-state index contributed by atoms with van der Waals surface area (Å²) >= 11 is 0. The molecule has 0 aliphatic carbocycles. The minimum Gasteiger partial charge on any atom is -0.326 e. The summed E-state index contributed by atoms with van der Waals surface area (Å²) in [6, 6.07) is 9.73. The lowest BCUT2D eigenvalue weighted by Gasteiger charge is -2.07. The molecule has 21 heavy (non-hydrogen) atoms. The molecule has 0 fully saturated rings. The molecule has 0 spiro atoms. The van der Waals surface area contributed by atoms with Crippen LogP contribution in [0.15, 0.2) is 30.3 Å². The molecule has 1 aromatic heterocycles. The van der Waals surface area contributed by atoms with Gasteiger partial charge in [-0.2, -0.15) is 5.10 Å². The van der Waals surface area contributed by atoms with Crippen LogP contribution in [0, 0.1) is 6.92 Å². The van der Waals surface area contributed by atoms with Crippen LogP contribution in [0.1, 0.15) is 23.9 Å². The number of hydrogen-bond donors (Lipinski definition) is 3. The van der Waals surface area contributed by atoms with Crippen LogP contribution in [0.2, 0.25) is 0 Å². The largest absolute Gasteiger partial charge is 0.326 e. The van der Waals surface area contributed by atoms with Gasteiger partial charge in [0.1, 0.15) is 0 Å². The zero-order valence-corrected chi connectivity index (χ0v) is 13.1. The average molecular weight is 309 g/mol. The van der Waals surface area contributed by atoms with Crippen LogP contribution in [0.5, 0.6) is 0 Å². The number of carbonyl (C=O) groups excluding carboxylic acids is 1. The van der Waals surface area contributed by atoms with E-state index in [-0.39, 0.29) is 24.7 Å². The highest BCUT2D eigenvalue weighted by molar-refractivity contribution is 5.92. The third kappa shape index (κ3) is 5.57. The van der Waals surface area contributed by atoms with E-state index in [2.05, 4.69) is 27.8 Å². The Kier molecular flexibility index (Phi) is 6.91. The van der Waals surface area contributed by atoms with Crippen LogP contribution in [-0.2, 0) is 17.8 Å². The van der Waals surface area contributed by atoms with Crippen molar-refractivity contribution in [1.29, 1.82) is 0 Å². The molecule has 1 aromatic carbocycles. The Morgan fingerprint density at radius 3 is 2.81 bits per heavy atom. The zero-order valence-electron chi connectivity index (χ0n) is 12.3. The number of H-pyrrole nitrogens is 1. The fourth-order valence-electron chi connectivity index (χ4n) is 1.96. The number of hydrogen-bond acceptors (Lipinski definition) is 3. The lowest BCUT2D eigenvalue weighted by atomic mass is 10.2. The van der Waals surface area contributed by atoms with Crippen LogP contribution in [0.4, 0.5) is 5.69 Å². The van der Waals surface area contributed by atoms with Crippen molar-refractivity contribution in [1.82, 2.24) is 15.5 Å². The summed E-state index contributed by atoms with van der Waals surface area (Å²) in [6.07, 6.45) is 0.280. The molecule has 2 rings (SSSR count). The SMILES string of the molecule is CCNCc1cccc(NC(=O)Cc2cc(C)[nH]n2)c1.Cl. The molecule has 0 unspecified atom stereocenters. The lowest BCUT2D eigenvalue weighted by Crippen LogP contribution is -2.15. The Bertz CT molecular complexity index is 583. The fourth-order valence-corrected chi connectivity index (χ4v) is 1.96. The van der Waals surface area contributed by atoms with Crippen LogP contribution >= 0.6 is 12.4 Å². The first-order valence-electron chi connectivity index (χ1n) is 6.77. The maximum atomic E-state index is 11.9. The van der Waals surface area contributed by atoms with Gasteiger partial charge in [0.15, 0.2) is 0 Å². The predicted molar refractivity (Wildman–Crippen MR) is 86.7 cm³/mol. The second-order valence-electron chi connectivity index (χ2n) is 4.75. The molecule has 0 radical (unpaired) electrons. The highest BCUT2D eigenvalue weighted by Gasteiger charge is 2.07. The molecule has 0 atom stereocenters. The summed E-state index contributed by atoms with van der Waals surface area (Å²) in [5.74, 6) is -0.0582. The van der Waals surface area contributed by atoms with Crippen molar-refractivity contribution in [2.24, 2.45) is 0 Å². The Hall–Kier alpha value is -1.85. The zero-order chi connectivity index (χ0) is 14.4. The van der Waals surface area contributed by atoms with E-state index in [1.165, 1.54) is 0 Å². The molecule has 114 valence electrons. The molecule has 0 aliphatic rings. The van der Waals surface area contributed by atoms with Gasteiger partial charge in [-0.05, 0) is 37.2 Å². The number of aromatic amines is 1. The maximum absolute atomic E-state index is 11.9. The Morgan fingerprint density at radius 1 is 1.33 bits per heavy atom. The van der Waals surface area contributed by atoms with Gasteiger partial charge >= 0.3 is 0 Å². The van der Waals surface area contributed by atoms with Crippen molar-refractivity contribution in [3.05, 3.63) is 47.3 Å². The quantitative estimate of drug-likeness (QED) is 0.767. The highest BCUT2D eigenvalue weighted by atomic mass is 35.5. The number of nitrogens with zero attached hydrogens (tertiary/aromatic N) is 1. The van der Waals surface area contributed by atoms with E-state index in [4.69, 9.17) is 0 Å². The maximum Gasteiger partial charge on any atom is 0.230 e. The number of amides is 1. The van der Waals surface area contributed by atoms with Gasteiger partial charge < -0.3 is 10.6 Å². The van der Waals surface area contributed by atoms with E-state index in [0.29, 0.717) is 0 Å². The summed E-state index contributed by atoms with van der Waals surface area (Å²) in [5.41, 5.74) is 3.68. The number of nitrogens with one attached hydrogen (secondary N) is 3. The second kappa shape index (κ2) is 8.44. The van der Waals surface area contributed by atoms with E-state index in [0.717, 1.165) is 35.7 Å². The third-order valence-corrected chi connectivity index (χ3v) is 2.89. The van der Waals surface area contributed by atoms with Crippen molar-refractivity contribution in [3.63, 3.8) is 0 Å². The summed E-state index contributed by atoms with van der Waals surface area (Å²) in [6.45, 7) is 5.71. The molecular weight excluding hydrogens is 288 g/mol. The molecule has 3 N–H and O–H groups in total. The molecule has 2 aromatic rings. The number of benzene rings is 1. The number of halogens is 1. The van der Waals surface area contributed by atoms with Gasteiger partial charge in [0.25, 0.3) is 0 Å². The third-order valence-electron chi connectivity index (χ3n) is 2.89. The molecule has 1 amide bonds. The summed E-state index contributed by atoms with van der Waals surface area (Å²) in [4.78, 5) is 11.9. The standard InChI is InChI=1S/C15H20N4O.ClH/c1-3-16-10-12-5-4-6-13(8-12)17-15(20)9-14-7-11(2)18-19-14;/h4-8,16H,3,9-10H2,1-2H3,(H,17,20)(H,18,19);1H. The first-order valence-corrected chi connectivity index (χ1v) is 6.77. The number of carbonyl (C=O) groups is 1. The van der Waals surface area contributed by atoms with Crippen LogP contribution in [0.25, 0.3) is 0 Å². The molecule has 0 bridgehead atoms. The molecule has 5 nitrogen and oxygen atoms in total. The molecular formula is C15H21ClN4O. The van der Waals surface area contributed by atoms with E-state index < -0.39 is 0 Å². The van der Waals surface area contributed by atoms with Gasteiger partial charge in [-0.25, -0.2) is 0 Å². The lowest BCUT2D eigenvalue weighted by molar-refractivity contribution is -0.115. The molecule has 6 heteroatoms. The monoisotopic (exact) mass is 308 g/mol. The van der Waals surface area contributed by atoms with Crippen LogP contribution in [-0.4, -0.2) is 22.6 Å². The first-order chi connectivity index (χ1) is 9.67. The van der Waals surface area contributed by atoms with Gasteiger partial charge in [0.2, 0.25) is 5.91 Å².